The van der Waals surface area contributed by atoms with Crippen molar-refractivity contribution in [3.05, 3.63) is 47.1 Å². The Hall–Kier alpha value is -1.43. The van der Waals surface area contributed by atoms with Gasteiger partial charge < -0.3 is 9.84 Å². The van der Waals surface area contributed by atoms with Crippen LogP contribution in [0.2, 0.25) is 0 Å². The van der Waals surface area contributed by atoms with Crippen LogP contribution in [0.3, 0.4) is 0 Å². The van der Waals surface area contributed by atoms with Crippen molar-refractivity contribution in [1.29, 1.82) is 0 Å². The number of aryl methyl sites for hydroxylation is 1. The number of nitrogens with zero attached hydrogens (tertiary/aromatic N) is 3. The molecule has 1 atom stereocenters. The molecule has 1 N–H and O–H groups in total. The topological polar surface area (TPSA) is 54.2 Å². The molecule has 0 bridgehead atoms. The highest BCUT2D eigenvalue weighted by Gasteiger charge is 2.20. The second kappa shape index (κ2) is 7.72. The van der Waals surface area contributed by atoms with Gasteiger partial charge in [-0.2, -0.15) is 4.98 Å². The molecule has 22 heavy (non-hydrogen) atoms. The van der Waals surface area contributed by atoms with Gasteiger partial charge in [-0.15, -0.1) is 12.4 Å². The minimum Gasteiger partial charge on any atom is -0.339 e. The summed E-state index contributed by atoms with van der Waals surface area (Å²) < 4.78 is 5.40. The van der Waals surface area contributed by atoms with E-state index in [0.717, 1.165) is 32.0 Å². The zero-order chi connectivity index (χ0) is 14.7. The number of rotatable bonds is 4. The molecular weight excluding hydrogens is 300 g/mol. The van der Waals surface area contributed by atoms with Crippen LogP contribution in [0.5, 0.6) is 0 Å². The third-order valence-electron chi connectivity index (χ3n) is 4.10. The lowest BCUT2D eigenvalue weighted by Crippen LogP contribution is -2.49. The number of benzene rings is 1. The van der Waals surface area contributed by atoms with E-state index in [1.165, 1.54) is 11.1 Å². The van der Waals surface area contributed by atoms with Gasteiger partial charge in [-0.1, -0.05) is 29.4 Å². The van der Waals surface area contributed by atoms with Gasteiger partial charge in [0.05, 0.1) is 13.0 Å². The first-order chi connectivity index (χ1) is 10.2. The van der Waals surface area contributed by atoms with Crippen molar-refractivity contribution in [2.24, 2.45) is 0 Å². The fourth-order valence-electron chi connectivity index (χ4n) is 2.70. The van der Waals surface area contributed by atoms with Gasteiger partial charge in [0, 0.05) is 25.7 Å². The first-order valence-corrected chi connectivity index (χ1v) is 7.53. The van der Waals surface area contributed by atoms with Crippen LogP contribution in [0.25, 0.3) is 0 Å². The molecule has 1 saturated heterocycles. The summed E-state index contributed by atoms with van der Waals surface area (Å²) in [5.41, 5.74) is 2.50. The summed E-state index contributed by atoms with van der Waals surface area (Å²) in [6, 6.07) is 8.82. The molecule has 2 heterocycles. The first kappa shape index (κ1) is 16.9. The molecule has 1 aliphatic heterocycles. The van der Waals surface area contributed by atoms with Gasteiger partial charge in [-0.3, -0.25) is 4.90 Å². The number of hydrogen-bond donors (Lipinski definition) is 1. The Morgan fingerprint density at radius 1 is 1.36 bits per heavy atom. The maximum absolute atomic E-state index is 5.40. The summed E-state index contributed by atoms with van der Waals surface area (Å²) in [6.07, 6.45) is 0.705. The van der Waals surface area contributed by atoms with Crippen molar-refractivity contribution in [2.75, 3.05) is 19.6 Å². The van der Waals surface area contributed by atoms with Crippen LogP contribution >= 0.6 is 12.4 Å². The highest BCUT2D eigenvalue weighted by Crippen LogP contribution is 2.13. The monoisotopic (exact) mass is 322 g/mol. The second-order valence-electron chi connectivity index (χ2n) is 5.73. The van der Waals surface area contributed by atoms with Crippen molar-refractivity contribution < 1.29 is 4.52 Å². The van der Waals surface area contributed by atoms with Gasteiger partial charge in [-0.05, 0) is 25.0 Å². The van der Waals surface area contributed by atoms with Gasteiger partial charge in [0.1, 0.15) is 0 Å². The molecule has 0 spiro atoms. The van der Waals surface area contributed by atoms with E-state index in [4.69, 9.17) is 4.52 Å². The summed E-state index contributed by atoms with van der Waals surface area (Å²) in [7, 11) is 0. The first-order valence-electron chi connectivity index (χ1n) is 7.53. The Kier molecular flexibility index (Phi) is 5.94. The molecule has 1 aromatic heterocycles. The summed E-state index contributed by atoms with van der Waals surface area (Å²) in [5, 5.41) is 7.51. The largest absolute Gasteiger partial charge is 0.339 e. The van der Waals surface area contributed by atoms with Gasteiger partial charge in [-0.25, -0.2) is 0 Å². The van der Waals surface area contributed by atoms with E-state index in [-0.39, 0.29) is 12.4 Å². The van der Waals surface area contributed by atoms with Crippen molar-refractivity contribution in [1.82, 2.24) is 20.4 Å². The normalized spacial score (nSPS) is 18.9. The molecule has 1 aromatic carbocycles. The number of hydrogen-bond acceptors (Lipinski definition) is 5. The highest BCUT2D eigenvalue weighted by atomic mass is 35.5. The lowest BCUT2D eigenvalue weighted by molar-refractivity contribution is 0.160. The van der Waals surface area contributed by atoms with Gasteiger partial charge >= 0.3 is 0 Å². The lowest BCUT2D eigenvalue weighted by Gasteiger charge is -2.32. The molecule has 0 aliphatic carbocycles. The van der Waals surface area contributed by atoms with E-state index in [2.05, 4.69) is 46.3 Å². The van der Waals surface area contributed by atoms with E-state index in [1.807, 2.05) is 12.1 Å². The predicted octanol–water partition coefficient (Wildman–Crippen LogP) is 2.18. The Morgan fingerprint density at radius 2 is 2.18 bits per heavy atom. The fraction of sp³-hybridized carbons (Fsp3) is 0.500. The maximum atomic E-state index is 5.40. The van der Waals surface area contributed by atoms with Crippen LogP contribution in [0.4, 0.5) is 0 Å². The van der Waals surface area contributed by atoms with E-state index < -0.39 is 0 Å². The third-order valence-corrected chi connectivity index (χ3v) is 4.10. The van der Waals surface area contributed by atoms with E-state index in [0.29, 0.717) is 18.4 Å². The molecule has 3 rings (SSSR count). The molecule has 0 radical (unpaired) electrons. The van der Waals surface area contributed by atoms with Crippen LogP contribution in [-0.4, -0.2) is 40.7 Å². The molecule has 1 aliphatic rings. The number of aromatic nitrogens is 2. The van der Waals surface area contributed by atoms with Crippen molar-refractivity contribution in [2.45, 2.75) is 32.9 Å². The Bertz CT molecular complexity index is 601. The van der Waals surface area contributed by atoms with E-state index >= 15 is 0 Å². The number of piperazine rings is 1. The molecule has 0 amide bonds. The standard InChI is InChI=1S/C16H22N4O.ClH/c1-12-5-3-4-6-14(12)9-16-18-15(19-21-16)11-20-8-7-17-10-13(20)2;/h3-6,13,17H,7-11H2,1-2H3;1H/t13-;/m0./s1. The van der Waals surface area contributed by atoms with Crippen molar-refractivity contribution >= 4 is 12.4 Å². The minimum absolute atomic E-state index is 0. The van der Waals surface area contributed by atoms with Crippen molar-refractivity contribution in [3.8, 4) is 0 Å². The van der Waals surface area contributed by atoms with Crippen molar-refractivity contribution in [3.63, 3.8) is 0 Å². The molecule has 1 fully saturated rings. The van der Waals surface area contributed by atoms with E-state index in [9.17, 15) is 0 Å². The van der Waals surface area contributed by atoms with Gasteiger partial charge in [0.2, 0.25) is 5.89 Å². The minimum atomic E-state index is 0. The number of nitrogens with one attached hydrogen (secondary N) is 1. The average molecular weight is 323 g/mol. The SMILES string of the molecule is Cc1ccccc1Cc1nc(CN2CCNC[C@@H]2C)no1.Cl. The molecule has 5 nitrogen and oxygen atoms in total. The average Bonchev–Trinajstić information content (AvgIpc) is 2.91. The molecule has 0 saturated carbocycles. The Labute approximate surface area is 137 Å². The smallest absolute Gasteiger partial charge is 0.231 e. The van der Waals surface area contributed by atoms with Gasteiger partial charge in [0.25, 0.3) is 0 Å². The molecule has 6 heteroatoms. The quantitative estimate of drug-likeness (QED) is 0.935. The summed E-state index contributed by atoms with van der Waals surface area (Å²) >= 11 is 0. The van der Waals surface area contributed by atoms with Crippen LogP contribution in [0, 0.1) is 6.92 Å². The Morgan fingerprint density at radius 3 is 2.95 bits per heavy atom. The fourth-order valence-corrected chi connectivity index (χ4v) is 2.70. The Balaban J connectivity index is 0.00000176. The zero-order valence-electron chi connectivity index (χ0n) is 13.1. The molecule has 0 unspecified atom stereocenters. The highest BCUT2D eigenvalue weighted by molar-refractivity contribution is 5.85. The third kappa shape index (κ3) is 4.06. The summed E-state index contributed by atoms with van der Waals surface area (Å²) in [4.78, 5) is 6.92. The summed E-state index contributed by atoms with van der Waals surface area (Å²) in [6.45, 7) is 8.17. The second-order valence-corrected chi connectivity index (χ2v) is 5.73. The summed E-state index contributed by atoms with van der Waals surface area (Å²) in [5.74, 6) is 1.48. The molecule has 2 aromatic rings. The van der Waals surface area contributed by atoms with Crippen LogP contribution in [-0.2, 0) is 13.0 Å². The van der Waals surface area contributed by atoms with Crippen LogP contribution in [0.15, 0.2) is 28.8 Å². The zero-order valence-corrected chi connectivity index (χ0v) is 13.9. The lowest BCUT2D eigenvalue weighted by atomic mass is 10.1. The van der Waals surface area contributed by atoms with E-state index in [1.54, 1.807) is 0 Å². The molecular formula is C16H23ClN4O. The van der Waals surface area contributed by atoms with Crippen LogP contribution < -0.4 is 5.32 Å². The van der Waals surface area contributed by atoms with Crippen LogP contribution in [0.1, 0.15) is 29.8 Å². The van der Waals surface area contributed by atoms with Gasteiger partial charge in [0.15, 0.2) is 5.82 Å². The predicted molar refractivity (Wildman–Crippen MR) is 88.3 cm³/mol. The maximum Gasteiger partial charge on any atom is 0.231 e. The molecule has 120 valence electrons. The number of halogens is 1.